The number of para-hydroxylation sites is 1. The van der Waals surface area contributed by atoms with Gasteiger partial charge >= 0.3 is 12.1 Å². The van der Waals surface area contributed by atoms with Crippen molar-refractivity contribution >= 4 is 39.7 Å². The molecule has 0 atom stereocenters. The number of anilines is 3. The third-order valence-electron chi connectivity index (χ3n) is 3.94. The molecule has 0 unspecified atom stereocenters. The largest absolute Gasteiger partial charge is 0.469 e. The van der Waals surface area contributed by atoms with E-state index in [1.165, 1.54) is 7.11 Å². The number of methoxy groups -OCH3 is 1. The third kappa shape index (κ3) is 5.35. The van der Waals surface area contributed by atoms with Gasteiger partial charge in [-0.2, -0.15) is 13.2 Å². The molecule has 156 valence electrons. The van der Waals surface area contributed by atoms with E-state index in [-0.39, 0.29) is 22.7 Å². The Kier molecular flexibility index (Phi) is 6.36. The lowest BCUT2D eigenvalue weighted by molar-refractivity contribution is -0.140. The number of ether oxygens (including phenoxy) is 1. The van der Waals surface area contributed by atoms with Crippen molar-refractivity contribution in [3.8, 4) is 0 Å². The van der Waals surface area contributed by atoms with E-state index in [2.05, 4.69) is 20.4 Å². The van der Waals surface area contributed by atoms with Gasteiger partial charge in [0.05, 0.1) is 24.8 Å². The summed E-state index contributed by atoms with van der Waals surface area (Å²) in [4.78, 5) is 28.9. The number of aromatic nitrogens is 1. The molecule has 3 rings (SSSR count). The molecular weight excluding hydrogens is 419 g/mol. The minimum absolute atomic E-state index is 0.152. The van der Waals surface area contributed by atoms with Gasteiger partial charge in [-0.3, -0.25) is 9.59 Å². The number of benzene rings is 2. The molecule has 0 aliphatic heterocycles. The van der Waals surface area contributed by atoms with Gasteiger partial charge in [0.1, 0.15) is 4.88 Å². The third-order valence-corrected chi connectivity index (χ3v) is 4.95. The van der Waals surface area contributed by atoms with Crippen LogP contribution in [0.25, 0.3) is 0 Å². The van der Waals surface area contributed by atoms with E-state index in [9.17, 15) is 22.8 Å². The maximum Gasteiger partial charge on any atom is 0.416 e. The molecule has 30 heavy (non-hydrogen) atoms. The molecule has 0 bridgehead atoms. The summed E-state index contributed by atoms with van der Waals surface area (Å²) in [5, 5.41) is 5.97. The molecule has 2 aromatic carbocycles. The van der Waals surface area contributed by atoms with E-state index in [1.54, 1.807) is 0 Å². The summed E-state index contributed by atoms with van der Waals surface area (Å²) in [6, 6.07) is 13.2. The van der Waals surface area contributed by atoms with E-state index in [1.807, 2.05) is 30.3 Å². The second-order valence-corrected chi connectivity index (χ2v) is 7.07. The van der Waals surface area contributed by atoms with Crippen LogP contribution in [0.2, 0.25) is 0 Å². The number of carbonyl (C=O) groups is 2. The Hall–Kier alpha value is -3.40. The summed E-state index contributed by atoms with van der Waals surface area (Å²) in [6.45, 7) is 0. The molecular formula is C20H16F3N3O3S. The minimum atomic E-state index is -4.47. The van der Waals surface area contributed by atoms with Gasteiger partial charge in [-0.15, -0.1) is 0 Å². The molecule has 10 heteroatoms. The van der Waals surface area contributed by atoms with Crippen LogP contribution in [0.1, 0.15) is 20.9 Å². The first kappa shape index (κ1) is 21.3. The molecule has 0 aliphatic rings. The molecule has 1 heterocycles. The van der Waals surface area contributed by atoms with Crippen molar-refractivity contribution in [2.24, 2.45) is 0 Å². The van der Waals surface area contributed by atoms with Crippen molar-refractivity contribution in [3.05, 3.63) is 70.7 Å². The van der Waals surface area contributed by atoms with Gasteiger partial charge in [-0.05, 0) is 36.4 Å². The molecule has 1 aromatic heterocycles. The fraction of sp³-hybridized carbons (Fsp3) is 0.150. The number of esters is 1. The second-order valence-electron chi connectivity index (χ2n) is 6.07. The summed E-state index contributed by atoms with van der Waals surface area (Å²) in [7, 11) is 1.22. The van der Waals surface area contributed by atoms with Gasteiger partial charge in [0.2, 0.25) is 0 Å². The average molecular weight is 435 g/mol. The van der Waals surface area contributed by atoms with E-state index < -0.39 is 23.6 Å². The lowest BCUT2D eigenvalue weighted by Crippen LogP contribution is -2.15. The first-order valence-corrected chi connectivity index (χ1v) is 9.45. The lowest BCUT2D eigenvalue weighted by Gasteiger charge is -2.08. The summed E-state index contributed by atoms with van der Waals surface area (Å²) < 4.78 is 42.7. The van der Waals surface area contributed by atoms with Crippen molar-refractivity contribution in [2.45, 2.75) is 12.6 Å². The SMILES string of the molecule is COC(=O)Cc1nc(Nc2ccccc2)sc1C(=O)Nc1ccc(C(F)(F)F)cc1. The Morgan fingerprint density at radius 3 is 2.30 bits per heavy atom. The van der Waals surface area contributed by atoms with E-state index in [0.29, 0.717) is 5.13 Å². The maximum absolute atomic E-state index is 12.7. The van der Waals surface area contributed by atoms with Gasteiger partial charge in [0.15, 0.2) is 5.13 Å². The first-order valence-electron chi connectivity index (χ1n) is 8.63. The Morgan fingerprint density at radius 1 is 1.03 bits per heavy atom. The molecule has 2 N–H and O–H groups in total. The van der Waals surface area contributed by atoms with Crippen LogP contribution in [0.4, 0.5) is 29.7 Å². The zero-order valence-corrected chi connectivity index (χ0v) is 16.4. The van der Waals surface area contributed by atoms with Crippen LogP contribution in [0.5, 0.6) is 0 Å². The number of carbonyl (C=O) groups excluding carboxylic acids is 2. The molecule has 3 aromatic rings. The number of rotatable bonds is 6. The Bertz CT molecular complexity index is 1030. The molecule has 0 spiro atoms. The number of nitrogens with one attached hydrogen (secondary N) is 2. The summed E-state index contributed by atoms with van der Waals surface area (Å²) in [6.07, 6.45) is -4.69. The number of thiazole rings is 1. The number of hydrogen-bond acceptors (Lipinski definition) is 6. The van der Waals surface area contributed by atoms with E-state index in [0.717, 1.165) is 41.3 Å². The molecule has 1 amide bonds. The molecule has 0 saturated carbocycles. The highest BCUT2D eigenvalue weighted by atomic mass is 32.1. The average Bonchev–Trinajstić information content (AvgIpc) is 3.10. The van der Waals surface area contributed by atoms with Gasteiger partial charge in [-0.25, -0.2) is 4.98 Å². The quantitative estimate of drug-likeness (QED) is 0.540. The van der Waals surface area contributed by atoms with Gasteiger partial charge in [-0.1, -0.05) is 29.5 Å². The topological polar surface area (TPSA) is 80.3 Å². The van der Waals surface area contributed by atoms with Crippen LogP contribution in [0, 0.1) is 0 Å². The van der Waals surface area contributed by atoms with Crippen molar-refractivity contribution < 1.29 is 27.5 Å². The standard InChI is InChI=1S/C20H16F3N3O3S/c1-29-16(27)11-15-17(30-19(26-15)25-13-5-3-2-4-6-13)18(28)24-14-9-7-12(8-10-14)20(21,22)23/h2-10H,11H2,1H3,(H,24,28)(H,25,26). The van der Waals surface area contributed by atoms with Crippen molar-refractivity contribution in [1.29, 1.82) is 0 Å². The molecule has 6 nitrogen and oxygen atoms in total. The Labute approximate surface area is 173 Å². The van der Waals surface area contributed by atoms with Gasteiger partial charge in [0, 0.05) is 11.4 Å². The first-order chi connectivity index (χ1) is 14.3. The minimum Gasteiger partial charge on any atom is -0.469 e. The highest BCUT2D eigenvalue weighted by Crippen LogP contribution is 2.31. The van der Waals surface area contributed by atoms with Gasteiger partial charge < -0.3 is 15.4 Å². The van der Waals surface area contributed by atoms with Crippen LogP contribution in [-0.4, -0.2) is 24.0 Å². The van der Waals surface area contributed by atoms with Crippen LogP contribution in [-0.2, 0) is 22.1 Å². The highest BCUT2D eigenvalue weighted by Gasteiger charge is 2.30. The molecule has 0 aliphatic carbocycles. The van der Waals surface area contributed by atoms with Crippen molar-refractivity contribution in [2.75, 3.05) is 17.7 Å². The van der Waals surface area contributed by atoms with Crippen LogP contribution >= 0.6 is 11.3 Å². The number of nitrogens with zero attached hydrogens (tertiary/aromatic N) is 1. The number of alkyl halides is 3. The van der Waals surface area contributed by atoms with Crippen molar-refractivity contribution in [1.82, 2.24) is 4.98 Å². The van der Waals surface area contributed by atoms with Crippen LogP contribution < -0.4 is 10.6 Å². The molecule has 0 radical (unpaired) electrons. The number of hydrogen-bond donors (Lipinski definition) is 2. The van der Waals surface area contributed by atoms with Gasteiger partial charge in [0.25, 0.3) is 5.91 Å². The summed E-state index contributed by atoms with van der Waals surface area (Å²) >= 11 is 1.02. The number of amides is 1. The maximum atomic E-state index is 12.7. The van der Waals surface area contributed by atoms with Crippen molar-refractivity contribution in [3.63, 3.8) is 0 Å². The van der Waals surface area contributed by atoms with E-state index in [4.69, 9.17) is 0 Å². The predicted octanol–water partition coefficient (Wildman–Crippen LogP) is 4.87. The highest BCUT2D eigenvalue weighted by molar-refractivity contribution is 7.17. The smallest absolute Gasteiger partial charge is 0.416 e. The summed E-state index contributed by atoms with van der Waals surface area (Å²) in [5.74, 6) is -1.16. The molecule has 0 fully saturated rings. The molecule has 0 saturated heterocycles. The fourth-order valence-corrected chi connectivity index (χ4v) is 3.38. The normalized spacial score (nSPS) is 11.1. The zero-order chi connectivity index (χ0) is 21.7. The Balaban J connectivity index is 1.82. The van der Waals surface area contributed by atoms with E-state index >= 15 is 0 Å². The monoisotopic (exact) mass is 435 g/mol. The second kappa shape index (κ2) is 8.95. The van der Waals surface area contributed by atoms with Crippen LogP contribution in [0.15, 0.2) is 54.6 Å². The lowest BCUT2D eigenvalue weighted by atomic mass is 10.2. The Morgan fingerprint density at radius 2 is 1.70 bits per heavy atom. The predicted molar refractivity (Wildman–Crippen MR) is 107 cm³/mol. The summed E-state index contributed by atoms with van der Waals surface area (Å²) in [5.41, 5.74) is 0.308. The fourth-order valence-electron chi connectivity index (χ4n) is 2.49. The van der Waals surface area contributed by atoms with Crippen LogP contribution in [0.3, 0.4) is 0 Å². The zero-order valence-electron chi connectivity index (χ0n) is 15.6. The number of halogens is 3.